The summed E-state index contributed by atoms with van der Waals surface area (Å²) in [6, 6.07) is 5.71. The Morgan fingerprint density at radius 2 is 2.24 bits per heavy atom. The smallest absolute Gasteiger partial charge is 0.395 e. The van der Waals surface area contributed by atoms with E-state index >= 15 is 0 Å². The average Bonchev–Trinajstić information content (AvgIpc) is 2.71. The van der Waals surface area contributed by atoms with Crippen LogP contribution in [0.2, 0.25) is 0 Å². The van der Waals surface area contributed by atoms with Gasteiger partial charge in [-0.25, -0.2) is 4.57 Å². The lowest BCUT2D eigenvalue weighted by molar-refractivity contribution is 0.414. The van der Waals surface area contributed by atoms with E-state index in [9.17, 15) is 4.57 Å². The second kappa shape index (κ2) is 5.30. The van der Waals surface area contributed by atoms with Crippen molar-refractivity contribution in [1.29, 1.82) is 0 Å². The number of aromatic nitrogens is 1. The van der Waals surface area contributed by atoms with Crippen molar-refractivity contribution in [1.82, 2.24) is 9.88 Å². The van der Waals surface area contributed by atoms with Crippen LogP contribution >= 0.6 is 8.69 Å². The summed E-state index contributed by atoms with van der Waals surface area (Å²) >= 11 is 0. The number of nitrogens with one attached hydrogen (secondary N) is 1. The Kier molecular flexibility index (Phi) is 3.77. The molecule has 5 heteroatoms. The van der Waals surface area contributed by atoms with E-state index in [4.69, 9.17) is 4.52 Å². The zero-order valence-corrected chi connectivity index (χ0v) is 10.8. The van der Waals surface area contributed by atoms with Crippen molar-refractivity contribution in [3.63, 3.8) is 0 Å². The molecule has 17 heavy (non-hydrogen) atoms. The minimum atomic E-state index is -0.319. The first kappa shape index (κ1) is 12.1. The predicted octanol–water partition coefficient (Wildman–Crippen LogP) is 2.86. The summed E-state index contributed by atoms with van der Waals surface area (Å²) in [6.07, 6.45) is 2.92. The Morgan fingerprint density at radius 1 is 1.41 bits per heavy atom. The van der Waals surface area contributed by atoms with Gasteiger partial charge in [0.1, 0.15) is 5.75 Å². The van der Waals surface area contributed by atoms with E-state index in [1.165, 1.54) is 5.56 Å². The molecule has 1 heterocycles. The first-order valence-corrected chi connectivity index (χ1v) is 6.19. The minimum Gasteiger partial charge on any atom is -0.407 e. The lowest BCUT2D eigenvalue weighted by Crippen LogP contribution is -2.14. The zero-order chi connectivity index (χ0) is 12.3. The molecule has 0 aliphatic carbocycles. The van der Waals surface area contributed by atoms with Crippen LogP contribution in [-0.2, 0) is 11.0 Å². The number of rotatable bonds is 5. The summed E-state index contributed by atoms with van der Waals surface area (Å²) in [5.74, 6) is 0.661. The monoisotopic (exact) mass is 250 g/mol. The molecule has 90 valence electrons. The Hall–Kier alpha value is -1.38. The van der Waals surface area contributed by atoms with E-state index in [2.05, 4.69) is 9.88 Å². The van der Waals surface area contributed by atoms with Crippen molar-refractivity contribution in [3.05, 3.63) is 30.0 Å². The summed E-state index contributed by atoms with van der Waals surface area (Å²) in [6.45, 7) is 0.969. The second-order valence-corrected chi connectivity index (χ2v) is 4.54. The van der Waals surface area contributed by atoms with Crippen molar-refractivity contribution in [3.8, 4) is 5.75 Å². The van der Waals surface area contributed by atoms with Crippen LogP contribution in [0.5, 0.6) is 5.75 Å². The fourth-order valence-electron chi connectivity index (χ4n) is 1.88. The van der Waals surface area contributed by atoms with Crippen molar-refractivity contribution >= 4 is 19.6 Å². The SMILES string of the molecule is CN(C)CCc1c[nH]c2cccc(OP=O)c12. The van der Waals surface area contributed by atoms with E-state index in [1.807, 2.05) is 38.5 Å². The van der Waals surface area contributed by atoms with Crippen LogP contribution in [0.25, 0.3) is 10.9 Å². The molecule has 1 aromatic carbocycles. The van der Waals surface area contributed by atoms with Gasteiger partial charge >= 0.3 is 8.69 Å². The maximum atomic E-state index is 10.6. The van der Waals surface area contributed by atoms with Gasteiger partial charge < -0.3 is 14.4 Å². The summed E-state index contributed by atoms with van der Waals surface area (Å²) in [4.78, 5) is 5.34. The summed E-state index contributed by atoms with van der Waals surface area (Å²) in [5.41, 5.74) is 2.20. The first-order chi connectivity index (χ1) is 8.22. The lowest BCUT2D eigenvalue weighted by atomic mass is 10.1. The van der Waals surface area contributed by atoms with Gasteiger partial charge in [0.2, 0.25) is 0 Å². The third-order valence-electron chi connectivity index (χ3n) is 2.71. The summed E-state index contributed by atoms with van der Waals surface area (Å²) in [5, 5.41) is 1.03. The molecule has 0 atom stereocenters. The standard InChI is InChI=1S/C12H15N2O2P/c1-14(2)7-6-9-8-13-10-4-3-5-11(12(9)10)16-17-15/h3-5,8,13H,6-7H2,1-2H3. The van der Waals surface area contributed by atoms with Crippen LogP contribution in [0.1, 0.15) is 5.56 Å². The van der Waals surface area contributed by atoms with Gasteiger partial charge in [-0.3, -0.25) is 0 Å². The molecule has 0 aliphatic heterocycles. The Morgan fingerprint density at radius 3 is 2.94 bits per heavy atom. The van der Waals surface area contributed by atoms with Gasteiger partial charge in [0.25, 0.3) is 0 Å². The van der Waals surface area contributed by atoms with Gasteiger partial charge in [-0.2, -0.15) is 0 Å². The molecule has 0 bridgehead atoms. The number of hydrogen-bond acceptors (Lipinski definition) is 3. The molecule has 0 spiro atoms. The number of fused-ring (bicyclic) bond motifs is 1. The highest BCUT2D eigenvalue weighted by Gasteiger charge is 2.09. The maximum Gasteiger partial charge on any atom is 0.395 e. The fraction of sp³-hybridized carbons (Fsp3) is 0.333. The molecule has 2 rings (SSSR count). The molecule has 2 aromatic rings. The second-order valence-electron chi connectivity index (χ2n) is 4.21. The molecule has 0 unspecified atom stereocenters. The summed E-state index contributed by atoms with van der Waals surface area (Å²) in [7, 11) is 3.77. The van der Waals surface area contributed by atoms with Gasteiger partial charge in [0.05, 0.1) is 0 Å². The van der Waals surface area contributed by atoms with Gasteiger partial charge in [0.15, 0.2) is 0 Å². The highest BCUT2D eigenvalue weighted by atomic mass is 31.1. The quantitative estimate of drug-likeness (QED) is 0.830. The molecule has 0 radical (unpaired) electrons. The zero-order valence-electron chi connectivity index (χ0n) is 9.93. The largest absolute Gasteiger partial charge is 0.407 e. The predicted molar refractivity (Wildman–Crippen MR) is 68.8 cm³/mol. The third kappa shape index (κ3) is 2.65. The molecule has 1 aromatic heterocycles. The molecular weight excluding hydrogens is 235 g/mol. The van der Waals surface area contributed by atoms with Crippen LogP contribution in [0.15, 0.2) is 24.4 Å². The van der Waals surface area contributed by atoms with Gasteiger partial charge in [-0.15, -0.1) is 0 Å². The van der Waals surface area contributed by atoms with E-state index in [0.29, 0.717) is 5.75 Å². The van der Waals surface area contributed by atoms with Gasteiger partial charge in [-0.1, -0.05) is 6.07 Å². The van der Waals surface area contributed by atoms with Crippen LogP contribution < -0.4 is 4.52 Å². The number of hydrogen-bond donors (Lipinski definition) is 1. The van der Waals surface area contributed by atoms with Crippen LogP contribution in [0.3, 0.4) is 0 Å². The Labute approximate surface area is 102 Å². The Bertz CT molecular complexity index is 522. The van der Waals surface area contributed by atoms with E-state index < -0.39 is 0 Å². The normalized spacial score (nSPS) is 11.5. The molecule has 1 N–H and O–H groups in total. The number of aromatic amines is 1. The molecule has 0 saturated heterocycles. The van der Waals surface area contributed by atoms with Crippen molar-refractivity contribution < 1.29 is 9.09 Å². The van der Waals surface area contributed by atoms with Crippen molar-refractivity contribution in [2.75, 3.05) is 20.6 Å². The third-order valence-corrected chi connectivity index (χ3v) is 2.98. The number of likely N-dealkylation sites (N-methyl/N-ethyl adjacent to an activating group) is 1. The van der Waals surface area contributed by atoms with E-state index in [-0.39, 0.29) is 8.69 Å². The van der Waals surface area contributed by atoms with Gasteiger partial charge in [-0.05, 0) is 38.2 Å². The van der Waals surface area contributed by atoms with Crippen LogP contribution in [-0.4, -0.2) is 30.5 Å². The van der Waals surface area contributed by atoms with Crippen molar-refractivity contribution in [2.45, 2.75) is 6.42 Å². The lowest BCUT2D eigenvalue weighted by Gasteiger charge is -2.09. The molecule has 0 saturated carbocycles. The fourth-order valence-corrected chi connectivity index (χ4v) is 2.11. The van der Waals surface area contributed by atoms with E-state index in [0.717, 1.165) is 23.9 Å². The molecule has 0 amide bonds. The Balaban J connectivity index is 2.38. The van der Waals surface area contributed by atoms with E-state index in [1.54, 1.807) is 0 Å². The maximum absolute atomic E-state index is 10.6. The number of H-pyrrole nitrogens is 1. The summed E-state index contributed by atoms with van der Waals surface area (Å²) < 4.78 is 15.7. The molecule has 4 nitrogen and oxygen atoms in total. The highest BCUT2D eigenvalue weighted by Crippen LogP contribution is 2.30. The number of nitrogens with zero attached hydrogens (tertiary/aromatic N) is 1. The molecular formula is C12H15N2O2P. The van der Waals surface area contributed by atoms with Crippen LogP contribution in [0.4, 0.5) is 0 Å². The molecule has 0 aliphatic rings. The first-order valence-electron chi connectivity index (χ1n) is 5.45. The van der Waals surface area contributed by atoms with Crippen LogP contribution in [0, 0.1) is 0 Å². The molecule has 0 fully saturated rings. The van der Waals surface area contributed by atoms with Crippen molar-refractivity contribution in [2.24, 2.45) is 0 Å². The number of benzene rings is 1. The van der Waals surface area contributed by atoms with Gasteiger partial charge in [0, 0.05) is 23.6 Å². The highest BCUT2D eigenvalue weighted by molar-refractivity contribution is 7.17. The minimum absolute atomic E-state index is 0.319. The average molecular weight is 250 g/mol. The topological polar surface area (TPSA) is 45.3 Å².